The number of carbonyl (C=O) groups excluding carboxylic acids is 1. The number of nitrogens with zero attached hydrogens (tertiary/aromatic N) is 1. The van der Waals surface area contributed by atoms with Crippen LogP contribution in [0.15, 0.2) is 5.10 Å². The van der Waals surface area contributed by atoms with Crippen LogP contribution in [-0.4, -0.2) is 12.1 Å². The van der Waals surface area contributed by atoms with Gasteiger partial charge in [0.15, 0.2) is 0 Å². The van der Waals surface area contributed by atoms with E-state index in [1.807, 2.05) is 20.8 Å². The lowest BCUT2D eigenvalue weighted by Gasteiger charge is -2.09. The van der Waals surface area contributed by atoms with Crippen molar-refractivity contribution in [2.75, 3.05) is 0 Å². The van der Waals surface area contributed by atoms with E-state index in [2.05, 4.69) is 10.5 Å². The molecular weight excluding hydrogens is 140 g/mol. The van der Waals surface area contributed by atoms with Crippen molar-refractivity contribution in [3.63, 3.8) is 0 Å². The molecule has 0 radical (unpaired) electrons. The van der Waals surface area contributed by atoms with E-state index in [-0.39, 0.29) is 11.3 Å². The van der Waals surface area contributed by atoms with Gasteiger partial charge in [-0.3, -0.25) is 4.79 Å². The van der Waals surface area contributed by atoms with E-state index in [4.69, 9.17) is 0 Å². The van der Waals surface area contributed by atoms with E-state index >= 15 is 0 Å². The van der Waals surface area contributed by atoms with Crippen molar-refractivity contribution in [2.45, 2.75) is 34.1 Å². The van der Waals surface area contributed by atoms with Crippen molar-refractivity contribution in [2.24, 2.45) is 10.5 Å². The first-order valence-corrected chi connectivity index (χ1v) is 3.79. The number of hydrogen-bond acceptors (Lipinski definition) is 2. The third kappa shape index (κ3) is 7.03. The Morgan fingerprint density at radius 3 is 2.45 bits per heavy atom. The summed E-state index contributed by atoms with van der Waals surface area (Å²) in [5, 5.41) is 3.79. The molecule has 0 saturated heterocycles. The van der Waals surface area contributed by atoms with Gasteiger partial charge in [-0.25, -0.2) is 5.43 Å². The molecule has 3 heteroatoms. The summed E-state index contributed by atoms with van der Waals surface area (Å²) in [4.78, 5) is 10.7. The highest BCUT2D eigenvalue weighted by atomic mass is 16.2. The lowest BCUT2D eigenvalue weighted by molar-refractivity contribution is -0.120. The van der Waals surface area contributed by atoms with Crippen LogP contribution in [-0.2, 0) is 4.79 Å². The minimum absolute atomic E-state index is 0.0288. The third-order valence-corrected chi connectivity index (χ3v) is 0.962. The van der Waals surface area contributed by atoms with Gasteiger partial charge in [0.2, 0.25) is 5.91 Å². The van der Waals surface area contributed by atoms with Gasteiger partial charge in [-0.15, -0.1) is 0 Å². The quantitative estimate of drug-likeness (QED) is 0.478. The Morgan fingerprint density at radius 1 is 1.55 bits per heavy atom. The summed E-state index contributed by atoms with van der Waals surface area (Å²) < 4.78 is 0. The summed E-state index contributed by atoms with van der Waals surface area (Å²) in [5.74, 6) is -0.0505. The van der Waals surface area contributed by atoms with E-state index in [1.165, 1.54) is 0 Å². The normalized spacial score (nSPS) is 12.0. The molecule has 1 N–H and O–H groups in total. The van der Waals surface area contributed by atoms with Gasteiger partial charge in [0.1, 0.15) is 0 Å². The molecule has 3 nitrogen and oxygen atoms in total. The Hall–Kier alpha value is -0.860. The molecule has 0 spiro atoms. The molecule has 0 fully saturated rings. The summed E-state index contributed by atoms with van der Waals surface area (Å²) in [5.41, 5.74) is 2.45. The number of carbonyl (C=O) groups is 1. The first-order chi connectivity index (χ1) is 4.95. The maximum absolute atomic E-state index is 10.7. The van der Waals surface area contributed by atoms with Crippen molar-refractivity contribution >= 4 is 12.1 Å². The molecule has 0 heterocycles. The predicted octanol–water partition coefficient (Wildman–Crippen LogP) is 1.54. The lowest BCUT2D eigenvalue weighted by atomic mass is 9.99. The Kier molecular flexibility index (Phi) is 3.79. The zero-order valence-corrected chi connectivity index (χ0v) is 7.64. The fourth-order valence-electron chi connectivity index (χ4n) is 0.377. The van der Waals surface area contributed by atoms with Gasteiger partial charge in [0, 0.05) is 12.6 Å². The smallest absolute Gasteiger partial charge is 0.239 e. The lowest BCUT2D eigenvalue weighted by Crippen LogP contribution is -2.18. The van der Waals surface area contributed by atoms with Crippen molar-refractivity contribution in [1.82, 2.24) is 5.43 Å². The van der Waals surface area contributed by atoms with Crippen molar-refractivity contribution < 1.29 is 4.79 Å². The minimum Gasteiger partial charge on any atom is -0.273 e. The molecule has 0 aliphatic carbocycles. The van der Waals surface area contributed by atoms with Crippen LogP contribution >= 0.6 is 0 Å². The van der Waals surface area contributed by atoms with Crippen LogP contribution in [0.25, 0.3) is 0 Å². The largest absolute Gasteiger partial charge is 0.273 e. The van der Waals surface area contributed by atoms with E-state index in [0.717, 1.165) is 0 Å². The van der Waals surface area contributed by atoms with E-state index in [0.29, 0.717) is 6.42 Å². The SMILES string of the molecule is CCC(=O)N/N=C/C(C)(C)C. The molecule has 0 unspecified atom stereocenters. The third-order valence-electron chi connectivity index (χ3n) is 0.962. The molecule has 0 aromatic rings. The van der Waals surface area contributed by atoms with Crippen LogP contribution in [0.2, 0.25) is 0 Å². The number of amides is 1. The monoisotopic (exact) mass is 156 g/mol. The fraction of sp³-hybridized carbons (Fsp3) is 0.750. The number of hydrazone groups is 1. The van der Waals surface area contributed by atoms with Crippen LogP contribution in [0.5, 0.6) is 0 Å². The summed E-state index contributed by atoms with van der Waals surface area (Å²) in [6.45, 7) is 7.86. The predicted molar refractivity (Wildman–Crippen MR) is 46.4 cm³/mol. The Morgan fingerprint density at radius 2 is 2.09 bits per heavy atom. The van der Waals surface area contributed by atoms with Gasteiger partial charge in [-0.1, -0.05) is 27.7 Å². The minimum atomic E-state index is -0.0505. The molecule has 1 amide bonds. The van der Waals surface area contributed by atoms with Crippen LogP contribution in [0.1, 0.15) is 34.1 Å². The molecule has 0 aromatic heterocycles. The van der Waals surface area contributed by atoms with Crippen molar-refractivity contribution in [3.8, 4) is 0 Å². The second-order valence-electron chi connectivity index (χ2n) is 3.51. The Balaban J connectivity index is 3.70. The molecular formula is C8H16N2O. The maximum atomic E-state index is 10.7. The second-order valence-corrected chi connectivity index (χ2v) is 3.51. The van der Waals surface area contributed by atoms with Crippen LogP contribution in [0.4, 0.5) is 0 Å². The zero-order chi connectivity index (χ0) is 8.91. The van der Waals surface area contributed by atoms with Crippen LogP contribution in [0, 0.1) is 5.41 Å². The van der Waals surface area contributed by atoms with Crippen LogP contribution < -0.4 is 5.43 Å². The first-order valence-electron chi connectivity index (χ1n) is 3.79. The number of hydrogen-bond donors (Lipinski definition) is 1. The van der Waals surface area contributed by atoms with Gasteiger partial charge in [0.05, 0.1) is 0 Å². The number of rotatable bonds is 2. The van der Waals surface area contributed by atoms with Crippen LogP contribution in [0.3, 0.4) is 0 Å². The molecule has 0 aliphatic rings. The molecule has 11 heavy (non-hydrogen) atoms. The maximum Gasteiger partial charge on any atom is 0.239 e. The topological polar surface area (TPSA) is 41.5 Å². The molecule has 0 saturated carbocycles. The summed E-state index contributed by atoms with van der Waals surface area (Å²) in [6, 6.07) is 0. The molecule has 0 atom stereocenters. The highest BCUT2D eigenvalue weighted by Crippen LogP contribution is 2.07. The van der Waals surface area contributed by atoms with Gasteiger partial charge in [-0.2, -0.15) is 5.10 Å². The van der Waals surface area contributed by atoms with E-state index < -0.39 is 0 Å². The summed E-state index contributed by atoms with van der Waals surface area (Å²) >= 11 is 0. The highest BCUT2D eigenvalue weighted by molar-refractivity contribution is 5.76. The van der Waals surface area contributed by atoms with E-state index in [9.17, 15) is 4.79 Å². The molecule has 0 bridgehead atoms. The van der Waals surface area contributed by atoms with Gasteiger partial charge in [-0.05, 0) is 5.41 Å². The average molecular weight is 156 g/mol. The molecule has 0 aromatic carbocycles. The van der Waals surface area contributed by atoms with E-state index in [1.54, 1.807) is 13.1 Å². The summed E-state index contributed by atoms with van der Waals surface area (Å²) in [7, 11) is 0. The molecule has 0 rings (SSSR count). The van der Waals surface area contributed by atoms with Gasteiger partial charge in [0.25, 0.3) is 0 Å². The first kappa shape index (κ1) is 10.1. The molecule has 0 aliphatic heterocycles. The van der Waals surface area contributed by atoms with Crippen molar-refractivity contribution in [3.05, 3.63) is 0 Å². The second kappa shape index (κ2) is 4.11. The van der Waals surface area contributed by atoms with Gasteiger partial charge < -0.3 is 0 Å². The summed E-state index contributed by atoms with van der Waals surface area (Å²) in [6.07, 6.45) is 2.20. The average Bonchev–Trinajstić information content (AvgIpc) is 1.85. The molecule has 64 valence electrons. The Bertz CT molecular complexity index is 156. The standard InChI is InChI=1S/C8H16N2O/c1-5-7(11)10-9-6-8(2,3)4/h6H,5H2,1-4H3,(H,10,11)/b9-6+. The highest BCUT2D eigenvalue weighted by Gasteiger charge is 2.04. The Labute approximate surface area is 67.9 Å². The zero-order valence-electron chi connectivity index (χ0n) is 7.64. The van der Waals surface area contributed by atoms with Gasteiger partial charge >= 0.3 is 0 Å². The van der Waals surface area contributed by atoms with Crippen molar-refractivity contribution in [1.29, 1.82) is 0 Å². The number of nitrogens with one attached hydrogen (secondary N) is 1. The fourth-order valence-corrected chi connectivity index (χ4v) is 0.377.